The Morgan fingerprint density at radius 3 is 2.08 bits per heavy atom. The Morgan fingerprint density at radius 2 is 1.69 bits per heavy atom. The molecule has 0 aliphatic heterocycles. The van der Waals surface area contributed by atoms with E-state index in [1.165, 1.54) is 0 Å². The average Bonchev–Trinajstić information content (AvgIpc) is 2.03. The number of aliphatic carboxylic acids is 1. The highest BCUT2D eigenvalue weighted by molar-refractivity contribution is 6.39. The minimum absolute atomic E-state index is 0.569. The molecule has 1 rings (SSSR count). The Bertz CT molecular complexity index is 358. The van der Waals surface area contributed by atoms with Gasteiger partial charge < -0.3 is 5.11 Å². The third kappa shape index (κ3) is 1.66. The third-order valence-electron chi connectivity index (χ3n) is 1.27. The molecule has 0 radical (unpaired) electrons. The van der Waals surface area contributed by atoms with Gasteiger partial charge in [-0.25, -0.2) is 13.6 Å². The molecule has 1 heterocycles. The standard InChI is InChI=1S/C7H3F2NO3/c8-3-1-10-2-4(9)5(3)6(11)7(12)13/h1-2H,(H,12,13). The number of carboxylic acids is 1. The van der Waals surface area contributed by atoms with E-state index in [2.05, 4.69) is 4.98 Å². The molecule has 0 spiro atoms. The van der Waals surface area contributed by atoms with E-state index in [1.54, 1.807) is 0 Å². The predicted molar refractivity (Wildman–Crippen MR) is 36.1 cm³/mol. The normalized spacial score (nSPS) is 9.69. The summed E-state index contributed by atoms with van der Waals surface area (Å²) in [6, 6.07) is 0. The van der Waals surface area contributed by atoms with E-state index >= 15 is 0 Å². The second-order valence-electron chi connectivity index (χ2n) is 2.11. The van der Waals surface area contributed by atoms with Crippen LogP contribution in [0.4, 0.5) is 8.78 Å². The number of aromatic nitrogens is 1. The number of nitrogens with zero attached hydrogens (tertiary/aromatic N) is 1. The van der Waals surface area contributed by atoms with Crippen molar-refractivity contribution in [3.63, 3.8) is 0 Å². The highest BCUT2D eigenvalue weighted by Crippen LogP contribution is 2.10. The molecule has 0 saturated carbocycles. The van der Waals surface area contributed by atoms with E-state index in [4.69, 9.17) is 5.11 Å². The number of halogens is 2. The van der Waals surface area contributed by atoms with Crippen LogP contribution < -0.4 is 0 Å². The van der Waals surface area contributed by atoms with Crippen LogP contribution in [0.25, 0.3) is 0 Å². The first-order chi connectivity index (χ1) is 6.04. The molecular weight excluding hydrogens is 184 g/mol. The van der Waals surface area contributed by atoms with Crippen LogP contribution >= 0.6 is 0 Å². The summed E-state index contributed by atoms with van der Waals surface area (Å²) in [5.41, 5.74) is -1.09. The fraction of sp³-hybridized carbons (Fsp3) is 0. The van der Waals surface area contributed by atoms with E-state index in [0.717, 1.165) is 0 Å². The van der Waals surface area contributed by atoms with E-state index in [1.807, 2.05) is 0 Å². The van der Waals surface area contributed by atoms with Crippen molar-refractivity contribution < 1.29 is 23.5 Å². The molecule has 0 saturated heterocycles. The minimum atomic E-state index is -1.91. The lowest BCUT2D eigenvalue weighted by atomic mass is 10.1. The number of pyridine rings is 1. The zero-order valence-corrected chi connectivity index (χ0v) is 6.12. The zero-order valence-electron chi connectivity index (χ0n) is 6.12. The van der Waals surface area contributed by atoms with Gasteiger partial charge in [0.2, 0.25) is 0 Å². The Balaban J connectivity index is 3.28. The van der Waals surface area contributed by atoms with Crippen LogP contribution in [-0.4, -0.2) is 21.8 Å². The maximum absolute atomic E-state index is 12.7. The van der Waals surface area contributed by atoms with Crippen molar-refractivity contribution in [3.05, 3.63) is 29.6 Å². The van der Waals surface area contributed by atoms with Gasteiger partial charge in [-0.3, -0.25) is 9.78 Å². The van der Waals surface area contributed by atoms with Gasteiger partial charge in [0.1, 0.15) is 5.56 Å². The number of carbonyl (C=O) groups excluding carboxylic acids is 1. The number of hydrogen-bond donors (Lipinski definition) is 1. The van der Waals surface area contributed by atoms with Crippen LogP contribution in [0.3, 0.4) is 0 Å². The number of carboxylic acid groups (broad SMARTS) is 1. The van der Waals surface area contributed by atoms with E-state index in [-0.39, 0.29) is 0 Å². The predicted octanol–water partition coefficient (Wildman–Crippen LogP) is 0.627. The maximum Gasteiger partial charge on any atom is 0.377 e. The molecule has 68 valence electrons. The summed E-state index contributed by atoms with van der Waals surface area (Å²) in [7, 11) is 0. The zero-order chi connectivity index (χ0) is 10.0. The number of carbonyl (C=O) groups is 2. The van der Waals surface area contributed by atoms with Gasteiger partial charge in [0.15, 0.2) is 11.6 Å². The summed E-state index contributed by atoms with van der Waals surface area (Å²) < 4.78 is 25.3. The van der Waals surface area contributed by atoms with Crippen LogP contribution in [-0.2, 0) is 4.79 Å². The summed E-state index contributed by atoms with van der Waals surface area (Å²) in [6.45, 7) is 0. The summed E-state index contributed by atoms with van der Waals surface area (Å²) in [5, 5.41) is 8.18. The van der Waals surface area contributed by atoms with E-state index in [9.17, 15) is 18.4 Å². The second-order valence-corrected chi connectivity index (χ2v) is 2.11. The monoisotopic (exact) mass is 187 g/mol. The molecule has 0 unspecified atom stereocenters. The van der Waals surface area contributed by atoms with Gasteiger partial charge in [0.05, 0.1) is 12.4 Å². The van der Waals surface area contributed by atoms with Gasteiger partial charge in [-0.05, 0) is 0 Å². The summed E-state index contributed by atoms with van der Waals surface area (Å²) in [4.78, 5) is 23.9. The van der Waals surface area contributed by atoms with Crippen molar-refractivity contribution in [2.45, 2.75) is 0 Å². The molecule has 13 heavy (non-hydrogen) atoms. The fourth-order valence-corrected chi connectivity index (χ4v) is 0.735. The lowest BCUT2D eigenvalue weighted by molar-refractivity contribution is -0.131. The van der Waals surface area contributed by atoms with E-state index in [0.29, 0.717) is 12.4 Å². The fourth-order valence-electron chi connectivity index (χ4n) is 0.735. The number of rotatable bonds is 2. The minimum Gasteiger partial charge on any atom is -0.475 e. The molecule has 0 atom stereocenters. The van der Waals surface area contributed by atoms with Crippen molar-refractivity contribution in [2.24, 2.45) is 0 Å². The van der Waals surface area contributed by atoms with Gasteiger partial charge in [-0.15, -0.1) is 0 Å². The Kier molecular flexibility index (Phi) is 2.32. The average molecular weight is 187 g/mol. The lowest BCUT2D eigenvalue weighted by Gasteiger charge is -1.98. The molecule has 0 bridgehead atoms. The van der Waals surface area contributed by atoms with Crippen LogP contribution in [0, 0.1) is 11.6 Å². The van der Waals surface area contributed by atoms with Gasteiger partial charge >= 0.3 is 5.97 Å². The molecule has 0 aromatic carbocycles. The summed E-state index contributed by atoms with van der Waals surface area (Å²) in [5.74, 6) is -6.11. The van der Waals surface area contributed by atoms with Crippen LogP contribution in [0.5, 0.6) is 0 Å². The lowest BCUT2D eigenvalue weighted by Crippen LogP contribution is -2.16. The Labute approximate surface area is 70.8 Å². The number of hydrogen-bond acceptors (Lipinski definition) is 3. The molecule has 0 aliphatic carbocycles. The highest BCUT2D eigenvalue weighted by atomic mass is 19.1. The molecule has 0 fully saturated rings. The van der Waals surface area contributed by atoms with E-state index < -0.39 is 29.0 Å². The molecule has 0 aliphatic rings. The molecule has 1 N–H and O–H groups in total. The van der Waals surface area contributed by atoms with Crippen molar-refractivity contribution >= 4 is 11.8 Å². The quantitative estimate of drug-likeness (QED) is 0.544. The second kappa shape index (κ2) is 3.26. The maximum atomic E-state index is 12.7. The molecular formula is C7H3F2NO3. The highest BCUT2D eigenvalue weighted by Gasteiger charge is 2.23. The third-order valence-corrected chi connectivity index (χ3v) is 1.27. The molecule has 6 heteroatoms. The van der Waals surface area contributed by atoms with Gasteiger partial charge in [0, 0.05) is 0 Å². The van der Waals surface area contributed by atoms with Crippen LogP contribution in [0.15, 0.2) is 12.4 Å². The van der Waals surface area contributed by atoms with Crippen molar-refractivity contribution in [2.75, 3.05) is 0 Å². The van der Waals surface area contributed by atoms with Crippen LogP contribution in [0.2, 0.25) is 0 Å². The topological polar surface area (TPSA) is 67.3 Å². The summed E-state index contributed by atoms with van der Waals surface area (Å²) in [6.07, 6.45) is 1.14. The van der Waals surface area contributed by atoms with Crippen molar-refractivity contribution in [1.82, 2.24) is 4.98 Å². The first-order valence-corrected chi connectivity index (χ1v) is 3.10. The smallest absolute Gasteiger partial charge is 0.377 e. The first-order valence-electron chi connectivity index (χ1n) is 3.10. The molecule has 1 aromatic rings. The molecule has 4 nitrogen and oxygen atoms in total. The number of ketones is 1. The molecule has 1 aromatic heterocycles. The SMILES string of the molecule is O=C(O)C(=O)c1c(F)cncc1F. The summed E-state index contributed by atoms with van der Waals surface area (Å²) >= 11 is 0. The molecule has 0 amide bonds. The Morgan fingerprint density at radius 1 is 1.23 bits per heavy atom. The van der Waals surface area contributed by atoms with Gasteiger partial charge in [-0.1, -0.05) is 0 Å². The Hall–Kier alpha value is -1.85. The number of Topliss-reactive ketones (excluding diaryl/α,β-unsaturated/α-hetero) is 1. The largest absolute Gasteiger partial charge is 0.475 e. The van der Waals surface area contributed by atoms with Crippen molar-refractivity contribution in [3.8, 4) is 0 Å². The van der Waals surface area contributed by atoms with Gasteiger partial charge in [0.25, 0.3) is 5.78 Å². The van der Waals surface area contributed by atoms with Gasteiger partial charge in [-0.2, -0.15) is 0 Å². The first kappa shape index (κ1) is 9.24. The van der Waals surface area contributed by atoms with Crippen molar-refractivity contribution in [1.29, 1.82) is 0 Å². The van der Waals surface area contributed by atoms with Crippen LogP contribution in [0.1, 0.15) is 10.4 Å².